The minimum absolute atomic E-state index is 1.03. The van der Waals surface area contributed by atoms with Gasteiger partial charge in [0.15, 0.2) is 0 Å². The van der Waals surface area contributed by atoms with E-state index in [1.54, 1.807) is 0 Å². The normalized spacial score (nSPS) is 11.4. The molecule has 0 saturated carbocycles. The number of nitrogens with zero attached hydrogens (tertiary/aromatic N) is 1. The highest BCUT2D eigenvalue weighted by Gasteiger charge is 2.06. The van der Waals surface area contributed by atoms with Gasteiger partial charge in [-0.25, -0.2) is 0 Å². The standard InChI is InChI=1S/C24H33N/c1-2-3-4-5-6-7-8-15-20-25(21-23-16-11-9-12-17-23)22-24-18-13-10-14-19-24/h5-6,9-14,16-19H,2-4,7-8,15,20-22H2,1H3/b6-5+. The van der Waals surface area contributed by atoms with E-state index in [4.69, 9.17) is 0 Å². The molecule has 0 bridgehead atoms. The minimum atomic E-state index is 1.03. The van der Waals surface area contributed by atoms with Gasteiger partial charge in [0.05, 0.1) is 0 Å². The van der Waals surface area contributed by atoms with Crippen LogP contribution in [0.4, 0.5) is 0 Å². The van der Waals surface area contributed by atoms with Gasteiger partial charge in [0.25, 0.3) is 0 Å². The van der Waals surface area contributed by atoms with Crippen LogP contribution < -0.4 is 0 Å². The summed E-state index contributed by atoms with van der Waals surface area (Å²) in [5.74, 6) is 0. The van der Waals surface area contributed by atoms with Crippen LogP contribution in [0.2, 0.25) is 0 Å². The molecular weight excluding hydrogens is 302 g/mol. The first kappa shape index (κ1) is 19.5. The Morgan fingerprint density at radius 2 is 1.20 bits per heavy atom. The summed E-state index contributed by atoms with van der Waals surface area (Å²) in [6.07, 6.45) is 12.3. The van der Waals surface area contributed by atoms with E-state index in [2.05, 4.69) is 84.6 Å². The Balaban J connectivity index is 1.79. The monoisotopic (exact) mass is 335 g/mol. The maximum atomic E-state index is 2.57. The van der Waals surface area contributed by atoms with Crippen LogP contribution in [-0.2, 0) is 13.1 Å². The van der Waals surface area contributed by atoms with Crippen LogP contribution >= 0.6 is 0 Å². The van der Waals surface area contributed by atoms with Crippen LogP contribution in [0.15, 0.2) is 72.8 Å². The number of hydrogen-bond donors (Lipinski definition) is 0. The smallest absolute Gasteiger partial charge is 0.0237 e. The van der Waals surface area contributed by atoms with Crippen molar-refractivity contribution < 1.29 is 0 Å². The lowest BCUT2D eigenvalue weighted by Gasteiger charge is -2.22. The zero-order valence-corrected chi connectivity index (χ0v) is 15.7. The summed E-state index contributed by atoms with van der Waals surface area (Å²) in [4.78, 5) is 2.57. The first-order chi connectivity index (χ1) is 12.4. The molecule has 0 saturated heterocycles. The molecule has 0 unspecified atom stereocenters. The van der Waals surface area contributed by atoms with Crippen LogP contribution in [0.3, 0.4) is 0 Å². The molecular formula is C24H33N. The summed E-state index contributed by atoms with van der Waals surface area (Å²) in [5, 5.41) is 0. The highest BCUT2D eigenvalue weighted by molar-refractivity contribution is 5.17. The van der Waals surface area contributed by atoms with E-state index < -0.39 is 0 Å². The molecule has 0 radical (unpaired) electrons. The molecule has 2 aromatic rings. The second kappa shape index (κ2) is 12.5. The van der Waals surface area contributed by atoms with E-state index in [1.807, 2.05) is 0 Å². The van der Waals surface area contributed by atoms with Crippen molar-refractivity contribution in [3.63, 3.8) is 0 Å². The summed E-state index contributed by atoms with van der Waals surface area (Å²) in [5.41, 5.74) is 2.80. The lowest BCUT2D eigenvalue weighted by molar-refractivity contribution is 0.251. The van der Waals surface area contributed by atoms with E-state index in [-0.39, 0.29) is 0 Å². The van der Waals surface area contributed by atoms with Crippen LogP contribution in [0, 0.1) is 0 Å². The van der Waals surface area contributed by atoms with Crippen molar-refractivity contribution in [2.45, 2.75) is 58.5 Å². The Kier molecular flexibility index (Phi) is 9.73. The molecule has 0 aromatic heterocycles. The van der Waals surface area contributed by atoms with Crippen LogP contribution in [0.1, 0.15) is 56.6 Å². The highest BCUT2D eigenvalue weighted by Crippen LogP contribution is 2.12. The molecule has 0 fully saturated rings. The fraction of sp³-hybridized carbons (Fsp3) is 0.417. The SMILES string of the molecule is CCCC/C=C/CCCCN(Cc1ccccc1)Cc1ccccc1. The lowest BCUT2D eigenvalue weighted by Crippen LogP contribution is -2.24. The zero-order chi connectivity index (χ0) is 17.6. The molecule has 1 heteroatoms. The van der Waals surface area contributed by atoms with Crippen LogP contribution in [0.25, 0.3) is 0 Å². The zero-order valence-electron chi connectivity index (χ0n) is 15.7. The van der Waals surface area contributed by atoms with Crippen molar-refractivity contribution in [3.8, 4) is 0 Å². The number of rotatable bonds is 12. The van der Waals surface area contributed by atoms with Crippen LogP contribution in [0.5, 0.6) is 0 Å². The van der Waals surface area contributed by atoms with Crippen molar-refractivity contribution >= 4 is 0 Å². The molecule has 1 nitrogen and oxygen atoms in total. The number of allylic oxidation sites excluding steroid dienone is 2. The first-order valence-electron chi connectivity index (χ1n) is 9.83. The maximum Gasteiger partial charge on any atom is 0.0237 e. The molecule has 0 aliphatic heterocycles. The Labute approximate surface area is 154 Å². The third kappa shape index (κ3) is 8.69. The number of unbranched alkanes of at least 4 members (excludes halogenated alkanes) is 4. The van der Waals surface area contributed by atoms with Gasteiger partial charge in [0, 0.05) is 13.1 Å². The Morgan fingerprint density at radius 3 is 1.72 bits per heavy atom. The van der Waals surface area contributed by atoms with Crippen LogP contribution in [-0.4, -0.2) is 11.4 Å². The van der Waals surface area contributed by atoms with E-state index in [0.29, 0.717) is 0 Å². The number of benzene rings is 2. The third-order valence-electron chi connectivity index (χ3n) is 4.48. The molecule has 2 aromatic carbocycles. The van der Waals surface area contributed by atoms with Crippen molar-refractivity contribution in [3.05, 3.63) is 83.9 Å². The molecule has 0 heterocycles. The van der Waals surface area contributed by atoms with Gasteiger partial charge in [-0.1, -0.05) is 92.6 Å². The predicted octanol–water partition coefficient (Wildman–Crippen LogP) is 6.61. The van der Waals surface area contributed by atoms with Gasteiger partial charge in [-0.3, -0.25) is 4.90 Å². The van der Waals surface area contributed by atoms with Crippen molar-refractivity contribution in [1.29, 1.82) is 0 Å². The molecule has 25 heavy (non-hydrogen) atoms. The van der Waals surface area contributed by atoms with Crippen molar-refractivity contribution in [2.24, 2.45) is 0 Å². The average molecular weight is 336 g/mol. The molecule has 0 amide bonds. The molecule has 2 rings (SSSR count). The lowest BCUT2D eigenvalue weighted by atomic mass is 10.1. The summed E-state index contributed by atoms with van der Waals surface area (Å²) in [6.45, 7) is 5.47. The summed E-state index contributed by atoms with van der Waals surface area (Å²) in [7, 11) is 0. The quantitative estimate of drug-likeness (QED) is 0.312. The van der Waals surface area contributed by atoms with Gasteiger partial charge in [0.2, 0.25) is 0 Å². The van der Waals surface area contributed by atoms with E-state index in [9.17, 15) is 0 Å². The van der Waals surface area contributed by atoms with Gasteiger partial charge < -0.3 is 0 Å². The Hall–Kier alpha value is -1.86. The molecule has 0 N–H and O–H groups in total. The fourth-order valence-corrected chi connectivity index (χ4v) is 3.05. The largest absolute Gasteiger partial charge is 0.295 e. The second-order valence-electron chi connectivity index (χ2n) is 6.79. The molecule has 0 spiro atoms. The minimum Gasteiger partial charge on any atom is -0.295 e. The van der Waals surface area contributed by atoms with E-state index >= 15 is 0 Å². The maximum absolute atomic E-state index is 2.57. The molecule has 0 aliphatic carbocycles. The molecule has 0 aliphatic rings. The fourth-order valence-electron chi connectivity index (χ4n) is 3.05. The van der Waals surface area contributed by atoms with Gasteiger partial charge in [-0.05, 0) is 43.4 Å². The van der Waals surface area contributed by atoms with Crippen molar-refractivity contribution in [2.75, 3.05) is 6.54 Å². The predicted molar refractivity (Wildman–Crippen MR) is 110 cm³/mol. The van der Waals surface area contributed by atoms with Gasteiger partial charge >= 0.3 is 0 Å². The van der Waals surface area contributed by atoms with E-state index in [0.717, 1.165) is 19.6 Å². The highest BCUT2D eigenvalue weighted by atomic mass is 15.1. The van der Waals surface area contributed by atoms with Gasteiger partial charge in [0.1, 0.15) is 0 Å². The average Bonchev–Trinajstić information content (AvgIpc) is 2.65. The first-order valence-corrected chi connectivity index (χ1v) is 9.83. The molecule has 0 atom stereocenters. The number of hydrogen-bond acceptors (Lipinski definition) is 1. The molecule has 134 valence electrons. The summed E-state index contributed by atoms with van der Waals surface area (Å²) in [6, 6.07) is 21.7. The third-order valence-corrected chi connectivity index (χ3v) is 4.48. The van der Waals surface area contributed by atoms with Gasteiger partial charge in [-0.2, -0.15) is 0 Å². The Morgan fingerprint density at radius 1 is 0.680 bits per heavy atom. The summed E-state index contributed by atoms with van der Waals surface area (Å²) >= 11 is 0. The van der Waals surface area contributed by atoms with Gasteiger partial charge in [-0.15, -0.1) is 0 Å². The topological polar surface area (TPSA) is 3.24 Å². The Bertz CT molecular complexity index is 532. The summed E-state index contributed by atoms with van der Waals surface area (Å²) < 4.78 is 0. The second-order valence-corrected chi connectivity index (χ2v) is 6.79. The van der Waals surface area contributed by atoms with E-state index in [1.165, 1.54) is 49.7 Å². The van der Waals surface area contributed by atoms with Crippen molar-refractivity contribution in [1.82, 2.24) is 4.90 Å².